The number of hydrogen-bond donors (Lipinski definition) is 4. The molecule has 0 bridgehead atoms. The maximum absolute atomic E-state index is 11.7. The lowest BCUT2D eigenvalue weighted by Crippen LogP contribution is -2.07. The minimum absolute atomic E-state index is 0.231. The molecule has 1 saturated carbocycles. The molecule has 1 aliphatic rings. The monoisotopic (exact) mass is 612 g/mol. The van der Waals surface area contributed by atoms with Gasteiger partial charge in [0.2, 0.25) is 0 Å². The van der Waals surface area contributed by atoms with Gasteiger partial charge in [-0.05, 0) is 125 Å². The summed E-state index contributed by atoms with van der Waals surface area (Å²) in [6, 6.07) is 29.8. The molecule has 0 amide bonds. The number of phenols is 4. The molecule has 0 aromatic heterocycles. The van der Waals surface area contributed by atoms with Crippen molar-refractivity contribution in [2.24, 2.45) is 0 Å². The van der Waals surface area contributed by atoms with Gasteiger partial charge in [0.05, 0.1) is 0 Å². The molecule has 1 fully saturated rings. The van der Waals surface area contributed by atoms with Gasteiger partial charge in [-0.25, -0.2) is 0 Å². The topological polar surface area (TPSA) is 80.9 Å². The van der Waals surface area contributed by atoms with E-state index in [1.54, 1.807) is 24.3 Å². The third-order valence-corrected chi connectivity index (χ3v) is 9.44. The van der Waals surface area contributed by atoms with Crippen LogP contribution < -0.4 is 0 Å². The van der Waals surface area contributed by atoms with Crippen LogP contribution in [0.5, 0.6) is 23.0 Å². The summed E-state index contributed by atoms with van der Waals surface area (Å²) in [5.74, 6) is 1.62. The van der Waals surface area contributed by atoms with E-state index in [9.17, 15) is 20.4 Å². The fourth-order valence-electron chi connectivity index (χ4n) is 7.21. The Balaban J connectivity index is 1.32. The normalized spacial score (nSPS) is 13.6. The predicted molar refractivity (Wildman–Crippen MR) is 185 cm³/mol. The average molecular weight is 613 g/mol. The van der Waals surface area contributed by atoms with Gasteiger partial charge in [-0.1, -0.05) is 91.6 Å². The number of phenolic OH excluding ortho intramolecular Hbond substituents is 4. The first-order valence-corrected chi connectivity index (χ1v) is 16.5. The van der Waals surface area contributed by atoms with Gasteiger partial charge in [-0.2, -0.15) is 0 Å². The second kappa shape index (κ2) is 13.7. The standard InChI is InChI=1S/C42H44O4/c1-27-16-31(19-29-8-12-38(43)13-9-29)20-32(17-27)23-37-25-34(26-40(42(37)46)35-6-4-3-5-7-35)21-33-18-28(2)41(45)36(24-33)22-30-10-14-39(44)15-11-30/h8-18,20,24-26,35,43-46H,3-7,19,21-23H2,1-2H3. The van der Waals surface area contributed by atoms with E-state index in [0.29, 0.717) is 36.7 Å². The summed E-state index contributed by atoms with van der Waals surface area (Å²) in [5, 5.41) is 42.0. The molecule has 0 aliphatic heterocycles. The van der Waals surface area contributed by atoms with Crippen LogP contribution in [0.3, 0.4) is 0 Å². The van der Waals surface area contributed by atoms with Gasteiger partial charge in [0.1, 0.15) is 23.0 Å². The van der Waals surface area contributed by atoms with Gasteiger partial charge in [0.15, 0.2) is 0 Å². The first-order valence-electron chi connectivity index (χ1n) is 16.5. The zero-order valence-corrected chi connectivity index (χ0v) is 26.9. The van der Waals surface area contributed by atoms with Crippen molar-refractivity contribution in [1.82, 2.24) is 0 Å². The van der Waals surface area contributed by atoms with Crippen LogP contribution in [0.2, 0.25) is 0 Å². The molecule has 1 aliphatic carbocycles. The fourth-order valence-corrected chi connectivity index (χ4v) is 7.21. The van der Waals surface area contributed by atoms with E-state index in [2.05, 4.69) is 49.4 Å². The van der Waals surface area contributed by atoms with Crippen LogP contribution in [0.4, 0.5) is 0 Å². The number of aryl methyl sites for hydroxylation is 2. The Morgan fingerprint density at radius 1 is 0.478 bits per heavy atom. The van der Waals surface area contributed by atoms with Gasteiger partial charge < -0.3 is 20.4 Å². The zero-order chi connectivity index (χ0) is 32.2. The van der Waals surface area contributed by atoms with E-state index in [1.807, 2.05) is 31.2 Å². The van der Waals surface area contributed by atoms with Crippen LogP contribution in [0, 0.1) is 13.8 Å². The highest BCUT2D eigenvalue weighted by Gasteiger charge is 2.22. The lowest BCUT2D eigenvalue weighted by molar-refractivity contribution is 0.411. The summed E-state index contributed by atoms with van der Waals surface area (Å²) in [6.45, 7) is 4.07. The molecule has 0 saturated heterocycles. The Labute approximate surface area is 272 Å². The quantitative estimate of drug-likeness (QED) is 0.134. The highest BCUT2D eigenvalue weighted by molar-refractivity contribution is 5.51. The molecule has 4 heteroatoms. The summed E-state index contributed by atoms with van der Waals surface area (Å²) in [5.41, 5.74) is 11.8. The largest absolute Gasteiger partial charge is 0.508 e. The van der Waals surface area contributed by atoms with Crippen molar-refractivity contribution < 1.29 is 20.4 Å². The molecule has 5 aromatic carbocycles. The van der Waals surface area contributed by atoms with Crippen LogP contribution in [0.15, 0.2) is 91.0 Å². The Kier molecular flexibility index (Phi) is 9.35. The first kappa shape index (κ1) is 31.3. The molecule has 0 heterocycles. The van der Waals surface area contributed by atoms with Gasteiger partial charge in [0.25, 0.3) is 0 Å². The van der Waals surface area contributed by atoms with Crippen molar-refractivity contribution in [2.75, 3.05) is 0 Å². The highest BCUT2D eigenvalue weighted by atomic mass is 16.3. The van der Waals surface area contributed by atoms with Crippen molar-refractivity contribution >= 4 is 0 Å². The molecule has 236 valence electrons. The van der Waals surface area contributed by atoms with E-state index >= 15 is 0 Å². The zero-order valence-electron chi connectivity index (χ0n) is 26.9. The molecule has 4 nitrogen and oxygen atoms in total. The molecule has 0 atom stereocenters. The SMILES string of the molecule is Cc1cc(Cc2ccc(O)cc2)cc(Cc2cc(Cc3cc(C)c(O)c(Cc4ccc(O)cc4)c3)cc(C3CCCCC3)c2O)c1. The van der Waals surface area contributed by atoms with Crippen molar-refractivity contribution in [3.8, 4) is 23.0 Å². The second-order valence-electron chi connectivity index (χ2n) is 13.3. The average Bonchev–Trinajstić information content (AvgIpc) is 3.03. The minimum Gasteiger partial charge on any atom is -0.508 e. The molecule has 4 N–H and O–H groups in total. The van der Waals surface area contributed by atoms with E-state index in [1.165, 1.54) is 41.5 Å². The van der Waals surface area contributed by atoms with Crippen LogP contribution in [-0.2, 0) is 25.7 Å². The molecule has 0 unspecified atom stereocenters. The van der Waals surface area contributed by atoms with E-state index in [4.69, 9.17) is 0 Å². The van der Waals surface area contributed by atoms with Crippen molar-refractivity contribution in [2.45, 2.75) is 77.6 Å². The van der Waals surface area contributed by atoms with Crippen molar-refractivity contribution in [3.63, 3.8) is 0 Å². The van der Waals surface area contributed by atoms with E-state index in [-0.39, 0.29) is 11.5 Å². The highest BCUT2D eigenvalue weighted by Crippen LogP contribution is 2.40. The van der Waals surface area contributed by atoms with Crippen LogP contribution in [0.1, 0.15) is 99.2 Å². The summed E-state index contributed by atoms with van der Waals surface area (Å²) >= 11 is 0. The minimum atomic E-state index is 0.231. The third-order valence-electron chi connectivity index (χ3n) is 9.44. The Morgan fingerprint density at radius 2 is 0.957 bits per heavy atom. The fraction of sp³-hybridized carbons (Fsp3) is 0.286. The summed E-state index contributed by atoms with van der Waals surface area (Å²) < 4.78 is 0. The molecule has 46 heavy (non-hydrogen) atoms. The van der Waals surface area contributed by atoms with Crippen molar-refractivity contribution in [3.05, 3.63) is 152 Å². The number of aromatic hydroxyl groups is 4. The smallest absolute Gasteiger partial charge is 0.122 e. The Morgan fingerprint density at radius 3 is 1.59 bits per heavy atom. The molecule has 5 aromatic rings. The third kappa shape index (κ3) is 7.56. The number of hydrogen-bond acceptors (Lipinski definition) is 4. The molecule has 6 rings (SSSR count). The van der Waals surface area contributed by atoms with Crippen LogP contribution in [0.25, 0.3) is 0 Å². The Hall–Kier alpha value is -4.70. The maximum Gasteiger partial charge on any atom is 0.122 e. The maximum atomic E-state index is 11.7. The first-order chi connectivity index (χ1) is 22.2. The molecular weight excluding hydrogens is 568 g/mol. The van der Waals surface area contributed by atoms with Crippen LogP contribution in [-0.4, -0.2) is 20.4 Å². The summed E-state index contributed by atoms with van der Waals surface area (Å²) in [7, 11) is 0. The molecular formula is C42H44O4. The lowest BCUT2D eigenvalue weighted by Gasteiger charge is -2.25. The lowest BCUT2D eigenvalue weighted by atomic mass is 9.81. The number of rotatable bonds is 9. The molecule has 0 spiro atoms. The molecule has 0 radical (unpaired) electrons. The second-order valence-corrected chi connectivity index (χ2v) is 13.3. The number of benzene rings is 5. The Bertz CT molecular complexity index is 1810. The van der Waals surface area contributed by atoms with Gasteiger partial charge >= 0.3 is 0 Å². The van der Waals surface area contributed by atoms with Gasteiger partial charge in [-0.3, -0.25) is 0 Å². The predicted octanol–water partition coefficient (Wildman–Crippen LogP) is 9.54. The van der Waals surface area contributed by atoms with Crippen LogP contribution >= 0.6 is 0 Å². The van der Waals surface area contributed by atoms with Crippen molar-refractivity contribution in [1.29, 1.82) is 0 Å². The van der Waals surface area contributed by atoms with E-state index < -0.39 is 0 Å². The summed E-state index contributed by atoms with van der Waals surface area (Å²) in [4.78, 5) is 0. The van der Waals surface area contributed by atoms with Gasteiger partial charge in [-0.15, -0.1) is 0 Å². The summed E-state index contributed by atoms with van der Waals surface area (Å²) in [6.07, 6.45) is 8.56. The van der Waals surface area contributed by atoms with E-state index in [0.717, 1.165) is 58.2 Å². The van der Waals surface area contributed by atoms with Gasteiger partial charge in [0, 0.05) is 12.8 Å².